The number of nitrogens with one attached hydrogen (secondary N) is 1. The van der Waals surface area contributed by atoms with E-state index in [1.54, 1.807) is 21.1 Å². The summed E-state index contributed by atoms with van der Waals surface area (Å²) >= 11 is 0. The molecule has 0 aliphatic heterocycles. The van der Waals surface area contributed by atoms with Gasteiger partial charge in [-0.3, -0.25) is 4.79 Å². The molecule has 0 bridgehead atoms. The molecule has 0 heterocycles. The van der Waals surface area contributed by atoms with Crippen molar-refractivity contribution in [2.45, 2.75) is 20.4 Å². The molecule has 5 nitrogen and oxygen atoms in total. The first kappa shape index (κ1) is 16.3. The van der Waals surface area contributed by atoms with Crippen LogP contribution >= 0.6 is 0 Å². The molecule has 0 saturated carbocycles. The van der Waals surface area contributed by atoms with Crippen molar-refractivity contribution in [2.24, 2.45) is 5.92 Å². The van der Waals surface area contributed by atoms with Crippen LogP contribution in [0.3, 0.4) is 0 Å². The fourth-order valence-corrected chi connectivity index (χ4v) is 1.79. The molecule has 0 aliphatic rings. The number of hydrogen-bond donors (Lipinski definition) is 1. The summed E-state index contributed by atoms with van der Waals surface area (Å²) in [6.07, 6.45) is 0. The molecular formula is C15H23NO4. The monoisotopic (exact) mass is 281 g/mol. The third-order valence-electron chi connectivity index (χ3n) is 2.95. The van der Waals surface area contributed by atoms with E-state index in [4.69, 9.17) is 14.2 Å². The number of rotatable bonds is 8. The standard InChI is InChI=1S/C15H23NO4/c1-5-20-15(17)11(2)9-16-10-12-6-7-13(18-3)8-14(12)19-4/h6-8,11,16H,5,9-10H2,1-4H3. The molecule has 0 saturated heterocycles. The summed E-state index contributed by atoms with van der Waals surface area (Å²) in [5.74, 6) is 1.17. The van der Waals surface area contributed by atoms with Crippen LogP contribution in [-0.4, -0.2) is 33.3 Å². The number of carbonyl (C=O) groups excluding carboxylic acids is 1. The lowest BCUT2D eigenvalue weighted by molar-refractivity contribution is -0.147. The predicted molar refractivity (Wildman–Crippen MR) is 77.0 cm³/mol. The Kier molecular flexibility index (Phi) is 6.87. The number of hydrogen-bond acceptors (Lipinski definition) is 5. The smallest absolute Gasteiger partial charge is 0.309 e. The van der Waals surface area contributed by atoms with Crippen molar-refractivity contribution >= 4 is 5.97 Å². The van der Waals surface area contributed by atoms with Gasteiger partial charge in [0.25, 0.3) is 0 Å². The second kappa shape index (κ2) is 8.43. The topological polar surface area (TPSA) is 56.8 Å². The Morgan fingerprint density at radius 2 is 2.05 bits per heavy atom. The van der Waals surface area contributed by atoms with Crippen molar-refractivity contribution < 1.29 is 19.0 Å². The van der Waals surface area contributed by atoms with E-state index < -0.39 is 0 Å². The van der Waals surface area contributed by atoms with Crippen LogP contribution in [0.1, 0.15) is 19.4 Å². The van der Waals surface area contributed by atoms with E-state index >= 15 is 0 Å². The lowest BCUT2D eigenvalue weighted by atomic mass is 10.1. The summed E-state index contributed by atoms with van der Waals surface area (Å²) in [6.45, 7) is 5.25. The molecule has 0 amide bonds. The van der Waals surface area contributed by atoms with Crippen molar-refractivity contribution in [1.82, 2.24) is 5.32 Å². The lowest BCUT2D eigenvalue weighted by Gasteiger charge is -2.14. The molecule has 0 spiro atoms. The highest BCUT2D eigenvalue weighted by Crippen LogP contribution is 2.24. The predicted octanol–water partition coefficient (Wildman–Crippen LogP) is 1.99. The first-order valence-corrected chi connectivity index (χ1v) is 6.70. The number of esters is 1. The van der Waals surface area contributed by atoms with Gasteiger partial charge in [0.05, 0.1) is 26.7 Å². The summed E-state index contributed by atoms with van der Waals surface area (Å²) in [5.41, 5.74) is 1.02. The van der Waals surface area contributed by atoms with Crippen molar-refractivity contribution in [3.05, 3.63) is 23.8 Å². The molecule has 0 aromatic heterocycles. The van der Waals surface area contributed by atoms with Crippen molar-refractivity contribution in [3.63, 3.8) is 0 Å². The third kappa shape index (κ3) is 4.74. The van der Waals surface area contributed by atoms with Crippen molar-refractivity contribution in [3.8, 4) is 11.5 Å². The zero-order chi connectivity index (χ0) is 15.0. The highest BCUT2D eigenvalue weighted by Gasteiger charge is 2.13. The van der Waals surface area contributed by atoms with Crippen molar-refractivity contribution in [2.75, 3.05) is 27.4 Å². The van der Waals surface area contributed by atoms with Gasteiger partial charge in [0.15, 0.2) is 0 Å². The molecule has 1 atom stereocenters. The van der Waals surface area contributed by atoms with E-state index in [-0.39, 0.29) is 11.9 Å². The van der Waals surface area contributed by atoms with Crippen LogP contribution in [0.5, 0.6) is 11.5 Å². The number of carbonyl (C=O) groups is 1. The molecule has 112 valence electrons. The average Bonchev–Trinajstić information content (AvgIpc) is 2.47. The first-order chi connectivity index (χ1) is 9.62. The Balaban J connectivity index is 2.51. The van der Waals surface area contributed by atoms with E-state index in [0.29, 0.717) is 19.7 Å². The SMILES string of the molecule is CCOC(=O)C(C)CNCc1ccc(OC)cc1OC. The van der Waals surface area contributed by atoms with E-state index in [9.17, 15) is 4.79 Å². The number of methoxy groups -OCH3 is 2. The summed E-state index contributed by atoms with van der Waals surface area (Å²) < 4.78 is 15.4. The maximum Gasteiger partial charge on any atom is 0.309 e. The zero-order valence-electron chi connectivity index (χ0n) is 12.6. The van der Waals surface area contributed by atoms with Crippen LogP contribution in [0.15, 0.2) is 18.2 Å². The van der Waals surface area contributed by atoms with Crippen LogP contribution < -0.4 is 14.8 Å². The fraction of sp³-hybridized carbons (Fsp3) is 0.533. The molecule has 1 N–H and O–H groups in total. The Morgan fingerprint density at radius 3 is 2.65 bits per heavy atom. The van der Waals surface area contributed by atoms with Crippen LogP contribution in [0.2, 0.25) is 0 Å². The molecule has 5 heteroatoms. The van der Waals surface area contributed by atoms with E-state index in [1.165, 1.54) is 0 Å². The Bertz CT molecular complexity index is 434. The average molecular weight is 281 g/mol. The van der Waals surface area contributed by atoms with E-state index in [2.05, 4.69) is 5.32 Å². The van der Waals surface area contributed by atoms with Gasteiger partial charge in [-0.25, -0.2) is 0 Å². The van der Waals surface area contributed by atoms with Gasteiger partial charge in [0, 0.05) is 24.7 Å². The highest BCUT2D eigenvalue weighted by molar-refractivity contribution is 5.72. The Morgan fingerprint density at radius 1 is 1.30 bits per heavy atom. The van der Waals surface area contributed by atoms with Gasteiger partial charge in [-0.1, -0.05) is 13.0 Å². The second-order valence-electron chi connectivity index (χ2n) is 4.46. The van der Waals surface area contributed by atoms with Crippen LogP contribution in [0, 0.1) is 5.92 Å². The summed E-state index contributed by atoms with van der Waals surface area (Å²) in [4.78, 5) is 11.5. The molecule has 1 unspecified atom stereocenters. The Labute approximate surface area is 120 Å². The quantitative estimate of drug-likeness (QED) is 0.739. The molecular weight excluding hydrogens is 258 g/mol. The van der Waals surface area contributed by atoms with Crippen LogP contribution in [-0.2, 0) is 16.1 Å². The summed E-state index contributed by atoms with van der Waals surface area (Å²) in [6, 6.07) is 5.67. The van der Waals surface area contributed by atoms with Gasteiger partial charge in [-0.05, 0) is 13.0 Å². The maximum absolute atomic E-state index is 11.5. The van der Waals surface area contributed by atoms with E-state index in [1.807, 2.05) is 25.1 Å². The maximum atomic E-state index is 11.5. The van der Waals surface area contributed by atoms with Gasteiger partial charge in [0.1, 0.15) is 11.5 Å². The van der Waals surface area contributed by atoms with Crippen LogP contribution in [0.25, 0.3) is 0 Å². The summed E-state index contributed by atoms with van der Waals surface area (Å²) in [7, 11) is 3.24. The molecule has 1 rings (SSSR count). The summed E-state index contributed by atoms with van der Waals surface area (Å²) in [5, 5.41) is 3.23. The van der Waals surface area contributed by atoms with E-state index in [0.717, 1.165) is 17.1 Å². The third-order valence-corrected chi connectivity index (χ3v) is 2.95. The van der Waals surface area contributed by atoms with Crippen molar-refractivity contribution in [1.29, 1.82) is 0 Å². The fourth-order valence-electron chi connectivity index (χ4n) is 1.79. The highest BCUT2D eigenvalue weighted by atomic mass is 16.5. The zero-order valence-corrected chi connectivity index (χ0v) is 12.6. The van der Waals surface area contributed by atoms with Gasteiger partial charge in [-0.2, -0.15) is 0 Å². The van der Waals surface area contributed by atoms with Crippen LogP contribution in [0.4, 0.5) is 0 Å². The minimum absolute atomic E-state index is 0.167. The minimum atomic E-state index is -0.179. The second-order valence-corrected chi connectivity index (χ2v) is 4.46. The molecule has 1 aromatic carbocycles. The molecule has 0 aliphatic carbocycles. The molecule has 0 radical (unpaired) electrons. The minimum Gasteiger partial charge on any atom is -0.497 e. The first-order valence-electron chi connectivity index (χ1n) is 6.70. The van der Waals surface area contributed by atoms with Gasteiger partial charge in [-0.15, -0.1) is 0 Å². The Hall–Kier alpha value is -1.75. The normalized spacial score (nSPS) is 11.8. The lowest BCUT2D eigenvalue weighted by Crippen LogP contribution is -2.27. The molecule has 20 heavy (non-hydrogen) atoms. The largest absolute Gasteiger partial charge is 0.497 e. The molecule has 1 aromatic rings. The van der Waals surface area contributed by atoms with Gasteiger partial charge >= 0.3 is 5.97 Å². The van der Waals surface area contributed by atoms with Gasteiger partial charge < -0.3 is 19.5 Å². The number of benzene rings is 1. The number of ether oxygens (including phenoxy) is 3. The molecule has 0 fully saturated rings. The van der Waals surface area contributed by atoms with Gasteiger partial charge in [0.2, 0.25) is 0 Å².